The third kappa shape index (κ3) is 7.09. The Balaban J connectivity index is 1.79. The zero-order valence-electron chi connectivity index (χ0n) is 22.0. The summed E-state index contributed by atoms with van der Waals surface area (Å²) in [6.07, 6.45) is 1.94. The molecule has 0 radical (unpaired) electrons. The highest BCUT2D eigenvalue weighted by Gasteiger charge is 2.54. The number of β-lactam (4-membered cyclic amide) rings is 1. The molecule has 5 N–H and O–H groups in total. The number of allylic oxidation sites excluding steroid dienone is 1. The van der Waals surface area contributed by atoms with Crippen LogP contribution >= 0.6 is 23.1 Å². The second kappa shape index (κ2) is 12.8. The minimum Gasteiger partial charge on any atom is -0.445 e. The van der Waals surface area contributed by atoms with E-state index in [1.807, 2.05) is 0 Å². The standard InChI is InChI=1S/C23H28N6O9S2/c1-23(2,3)20(33)38-10-37-19(32)15-11(6-5-7-36-22(25)34)8-39-18-14(17(31)29(15)18)27-16(30)13(28-35-4)12-9-40-21(24)26-12/h5-6,9,14,18H,7-8,10H2,1-4H3,(H2,24,26)(H2,25,34)(H,27,30)/b6-5-,28-13-/t14?,18-/m1/s1. The summed E-state index contributed by atoms with van der Waals surface area (Å²) in [7, 11) is 1.25. The van der Waals surface area contributed by atoms with Gasteiger partial charge in [-0.25, -0.2) is 14.6 Å². The van der Waals surface area contributed by atoms with Crippen molar-refractivity contribution in [2.45, 2.75) is 32.2 Å². The van der Waals surface area contributed by atoms with Crippen molar-refractivity contribution < 1.29 is 43.0 Å². The van der Waals surface area contributed by atoms with Gasteiger partial charge in [0.15, 0.2) is 10.8 Å². The predicted molar refractivity (Wildman–Crippen MR) is 143 cm³/mol. The van der Waals surface area contributed by atoms with Crippen LogP contribution in [-0.4, -0.2) is 83.1 Å². The Hall–Kier alpha value is -4.12. The lowest BCUT2D eigenvalue weighted by Crippen LogP contribution is -2.71. The number of nitrogens with one attached hydrogen (secondary N) is 1. The Bertz CT molecular complexity index is 1280. The third-order valence-corrected chi connectivity index (χ3v) is 7.25. The number of nitrogens with zero attached hydrogens (tertiary/aromatic N) is 3. The van der Waals surface area contributed by atoms with Gasteiger partial charge in [0.1, 0.15) is 36.5 Å². The maximum atomic E-state index is 13.2. The van der Waals surface area contributed by atoms with Crippen LogP contribution in [-0.2, 0) is 38.2 Å². The Morgan fingerprint density at radius 3 is 2.58 bits per heavy atom. The van der Waals surface area contributed by atoms with E-state index in [4.69, 9.17) is 25.8 Å². The number of anilines is 1. The molecule has 216 valence electrons. The predicted octanol–water partition coefficient (Wildman–Crippen LogP) is 0.471. The summed E-state index contributed by atoms with van der Waals surface area (Å²) in [5.41, 5.74) is 10.0. The van der Waals surface area contributed by atoms with Crippen LogP contribution in [0.15, 0.2) is 34.0 Å². The van der Waals surface area contributed by atoms with E-state index < -0.39 is 53.5 Å². The quantitative estimate of drug-likeness (QED) is 0.110. The monoisotopic (exact) mass is 596 g/mol. The molecular formula is C23H28N6O9S2. The summed E-state index contributed by atoms with van der Waals surface area (Å²) >= 11 is 2.37. The SMILES string of the molecule is CO/N=C(\C(=O)NC1C(=O)N2C(C(=O)OCOC(=O)C(C)(C)C)=C(/C=C\COC(N)=O)CS[C@H]12)c1csc(N)n1. The first kappa shape index (κ1) is 30.4. The zero-order valence-corrected chi connectivity index (χ0v) is 23.6. The van der Waals surface area contributed by atoms with Gasteiger partial charge in [-0.05, 0) is 32.4 Å². The minimum atomic E-state index is -1.01. The molecule has 15 nitrogen and oxygen atoms in total. The molecule has 0 saturated carbocycles. The number of amides is 3. The lowest BCUT2D eigenvalue weighted by atomic mass is 9.98. The number of hydrogen-bond donors (Lipinski definition) is 3. The van der Waals surface area contributed by atoms with Crippen molar-refractivity contribution in [1.29, 1.82) is 0 Å². The zero-order chi connectivity index (χ0) is 29.6. The average molecular weight is 597 g/mol. The second-order valence-corrected chi connectivity index (χ2v) is 11.2. The van der Waals surface area contributed by atoms with E-state index >= 15 is 0 Å². The van der Waals surface area contributed by atoms with Crippen molar-refractivity contribution >= 4 is 63.8 Å². The van der Waals surface area contributed by atoms with Crippen molar-refractivity contribution in [2.24, 2.45) is 16.3 Å². The third-order valence-electron chi connectivity index (χ3n) is 5.27. The van der Waals surface area contributed by atoms with Crippen LogP contribution in [0.1, 0.15) is 26.5 Å². The van der Waals surface area contributed by atoms with Gasteiger partial charge in [0.2, 0.25) is 6.79 Å². The lowest BCUT2D eigenvalue weighted by molar-refractivity contribution is -0.173. The van der Waals surface area contributed by atoms with Crippen LogP contribution in [0.25, 0.3) is 0 Å². The molecule has 17 heteroatoms. The molecule has 40 heavy (non-hydrogen) atoms. The van der Waals surface area contributed by atoms with Crippen LogP contribution in [0.2, 0.25) is 0 Å². The number of ether oxygens (including phenoxy) is 3. The normalized spacial score (nSPS) is 19.1. The first-order chi connectivity index (χ1) is 18.8. The van der Waals surface area contributed by atoms with E-state index in [9.17, 15) is 24.0 Å². The van der Waals surface area contributed by atoms with Crippen molar-refractivity contribution in [1.82, 2.24) is 15.2 Å². The van der Waals surface area contributed by atoms with Gasteiger partial charge >= 0.3 is 18.0 Å². The molecule has 0 bridgehead atoms. The van der Waals surface area contributed by atoms with Gasteiger partial charge in [0.25, 0.3) is 11.8 Å². The van der Waals surface area contributed by atoms with Gasteiger partial charge in [-0.15, -0.1) is 23.1 Å². The van der Waals surface area contributed by atoms with Crippen molar-refractivity contribution in [3.63, 3.8) is 0 Å². The van der Waals surface area contributed by atoms with E-state index in [0.29, 0.717) is 5.57 Å². The second-order valence-electron chi connectivity index (χ2n) is 9.19. The molecule has 0 spiro atoms. The van der Waals surface area contributed by atoms with Gasteiger partial charge in [-0.3, -0.25) is 19.3 Å². The molecule has 1 aromatic heterocycles. The summed E-state index contributed by atoms with van der Waals surface area (Å²) in [6.45, 7) is 4.07. The molecule has 0 aliphatic carbocycles. The van der Waals surface area contributed by atoms with Gasteiger partial charge in [0, 0.05) is 11.1 Å². The molecule has 0 aromatic carbocycles. The Labute approximate surface area is 236 Å². The first-order valence-corrected chi connectivity index (χ1v) is 13.5. The summed E-state index contributed by atoms with van der Waals surface area (Å²) in [5, 5.41) is 7.37. The Morgan fingerprint density at radius 2 is 1.98 bits per heavy atom. The van der Waals surface area contributed by atoms with Gasteiger partial charge in [-0.2, -0.15) is 0 Å². The molecule has 1 unspecified atom stereocenters. The first-order valence-electron chi connectivity index (χ1n) is 11.6. The molecule has 1 saturated heterocycles. The molecular weight excluding hydrogens is 568 g/mol. The van der Waals surface area contributed by atoms with Crippen LogP contribution in [0.5, 0.6) is 0 Å². The van der Waals surface area contributed by atoms with E-state index in [1.165, 1.54) is 41.3 Å². The number of carbonyl (C=O) groups is 5. The fourth-order valence-electron chi connectivity index (χ4n) is 3.40. The highest BCUT2D eigenvalue weighted by atomic mass is 32.2. The van der Waals surface area contributed by atoms with Crippen LogP contribution in [0.4, 0.5) is 9.93 Å². The van der Waals surface area contributed by atoms with Gasteiger partial charge in [-0.1, -0.05) is 11.2 Å². The van der Waals surface area contributed by atoms with Crippen LogP contribution in [0, 0.1) is 5.41 Å². The number of fused-ring (bicyclic) bond motifs is 1. The average Bonchev–Trinajstić information content (AvgIpc) is 3.32. The molecule has 1 aromatic rings. The number of rotatable bonds is 10. The van der Waals surface area contributed by atoms with Crippen molar-refractivity contribution in [2.75, 3.05) is 32.0 Å². The Morgan fingerprint density at radius 1 is 1.25 bits per heavy atom. The highest BCUT2D eigenvalue weighted by molar-refractivity contribution is 8.00. The van der Waals surface area contributed by atoms with E-state index in [1.54, 1.807) is 20.8 Å². The smallest absolute Gasteiger partial charge is 0.404 e. The summed E-state index contributed by atoms with van der Waals surface area (Å²) in [5.74, 6) is -2.63. The Kier molecular flexibility index (Phi) is 9.75. The largest absolute Gasteiger partial charge is 0.445 e. The fraction of sp³-hybridized carbons (Fsp3) is 0.435. The number of esters is 2. The highest BCUT2D eigenvalue weighted by Crippen LogP contribution is 2.41. The van der Waals surface area contributed by atoms with Crippen LogP contribution in [0.3, 0.4) is 0 Å². The molecule has 2 aliphatic rings. The number of oxime groups is 1. The maximum Gasteiger partial charge on any atom is 0.404 e. The van der Waals surface area contributed by atoms with Crippen molar-refractivity contribution in [3.05, 3.63) is 34.5 Å². The fourth-order valence-corrected chi connectivity index (χ4v) is 5.27. The summed E-state index contributed by atoms with van der Waals surface area (Å²) in [6, 6.07) is -1.01. The summed E-state index contributed by atoms with van der Waals surface area (Å²) < 4.78 is 14.8. The van der Waals surface area contributed by atoms with Gasteiger partial charge in [0.05, 0.1) is 5.41 Å². The number of nitrogens with two attached hydrogens (primary N) is 2. The number of primary amides is 1. The van der Waals surface area contributed by atoms with E-state index in [0.717, 1.165) is 11.3 Å². The minimum absolute atomic E-state index is 0.112. The molecule has 2 atom stereocenters. The van der Waals surface area contributed by atoms with E-state index in [-0.39, 0.29) is 34.6 Å². The molecule has 3 amide bonds. The molecule has 1 fully saturated rings. The number of thioether (sulfide) groups is 1. The van der Waals surface area contributed by atoms with Gasteiger partial charge < -0.3 is 35.8 Å². The summed E-state index contributed by atoms with van der Waals surface area (Å²) in [4.78, 5) is 72.1. The number of nitrogen functional groups attached to an aromatic ring is 1. The molecule has 2 aliphatic heterocycles. The van der Waals surface area contributed by atoms with Crippen LogP contribution < -0.4 is 16.8 Å². The van der Waals surface area contributed by atoms with E-state index in [2.05, 4.69) is 20.2 Å². The maximum absolute atomic E-state index is 13.2. The van der Waals surface area contributed by atoms with Crippen molar-refractivity contribution in [3.8, 4) is 0 Å². The topological polar surface area (TPSA) is 215 Å². The molecule has 3 rings (SSSR count). The number of carbonyl (C=O) groups excluding carboxylic acids is 5. The lowest BCUT2D eigenvalue weighted by Gasteiger charge is -2.49. The number of thiazole rings is 1. The number of aromatic nitrogens is 1. The number of hydrogen-bond acceptors (Lipinski definition) is 14. The molecule has 3 heterocycles.